The molecule has 0 radical (unpaired) electrons. The van der Waals surface area contributed by atoms with E-state index in [9.17, 15) is 4.79 Å². The third-order valence-corrected chi connectivity index (χ3v) is 2.69. The third kappa shape index (κ3) is 2.30. The number of aryl methyl sites for hydroxylation is 1. The molecule has 0 unspecified atom stereocenters. The highest BCUT2D eigenvalue weighted by atomic mass is 16.5. The van der Waals surface area contributed by atoms with Gasteiger partial charge in [-0.25, -0.2) is 4.98 Å². The van der Waals surface area contributed by atoms with E-state index in [1.165, 1.54) is 0 Å². The molecule has 0 bridgehead atoms. The number of ether oxygens (including phenoxy) is 1. The van der Waals surface area contributed by atoms with Crippen molar-refractivity contribution in [2.75, 3.05) is 6.61 Å². The van der Waals surface area contributed by atoms with Crippen LogP contribution in [0.1, 0.15) is 24.7 Å². The number of hydrogen-bond donors (Lipinski definition) is 1. The first-order chi connectivity index (χ1) is 8.63. The summed E-state index contributed by atoms with van der Waals surface area (Å²) >= 11 is 0. The Balaban J connectivity index is 2.48. The summed E-state index contributed by atoms with van der Waals surface area (Å²) < 4.78 is 7.40. The van der Waals surface area contributed by atoms with Gasteiger partial charge in [-0.1, -0.05) is 6.92 Å². The van der Waals surface area contributed by atoms with Crippen molar-refractivity contribution < 1.29 is 14.6 Å². The standard InChI is InChI=1S/C13H16N2O3/c1-3-7-18-11-5-4-6-15-10(8-12(16)17)9(2)14-13(11)15/h4-6H,3,7-8H2,1-2H3,(H,16,17). The Morgan fingerprint density at radius 2 is 2.33 bits per heavy atom. The number of carboxylic acid groups (broad SMARTS) is 1. The van der Waals surface area contributed by atoms with Crippen LogP contribution >= 0.6 is 0 Å². The van der Waals surface area contributed by atoms with Gasteiger partial charge in [-0.05, 0) is 25.5 Å². The molecular weight excluding hydrogens is 232 g/mol. The van der Waals surface area contributed by atoms with Crippen LogP contribution in [0.3, 0.4) is 0 Å². The van der Waals surface area contributed by atoms with Crippen molar-refractivity contribution in [3.8, 4) is 5.75 Å². The van der Waals surface area contributed by atoms with Crippen LogP contribution in [0.15, 0.2) is 18.3 Å². The molecule has 2 heterocycles. The first-order valence-electron chi connectivity index (χ1n) is 5.94. The predicted octanol–water partition coefficient (Wildman–Crippen LogP) is 2.06. The lowest BCUT2D eigenvalue weighted by molar-refractivity contribution is -0.136. The van der Waals surface area contributed by atoms with Gasteiger partial charge in [0, 0.05) is 6.20 Å². The van der Waals surface area contributed by atoms with E-state index in [-0.39, 0.29) is 6.42 Å². The average molecular weight is 248 g/mol. The number of rotatable bonds is 5. The Morgan fingerprint density at radius 1 is 1.56 bits per heavy atom. The van der Waals surface area contributed by atoms with E-state index in [2.05, 4.69) is 4.98 Å². The van der Waals surface area contributed by atoms with Crippen molar-refractivity contribution in [3.05, 3.63) is 29.7 Å². The van der Waals surface area contributed by atoms with E-state index in [0.717, 1.165) is 12.1 Å². The van der Waals surface area contributed by atoms with Crippen molar-refractivity contribution >= 4 is 11.6 Å². The number of carboxylic acids is 1. The van der Waals surface area contributed by atoms with Gasteiger partial charge in [-0.15, -0.1) is 0 Å². The summed E-state index contributed by atoms with van der Waals surface area (Å²) in [7, 11) is 0. The topological polar surface area (TPSA) is 63.8 Å². The van der Waals surface area contributed by atoms with Crippen LogP contribution in [0.2, 0.25) is 0 Å². The quantitative estimate of drug-likeness (QED) is 0.879. The second-order valence-electron chi connectivity index (χ2n) is 4.13. The van der Waals surface area contributed by atoms with Crippen LogP contribution in [-0.4, -0.2) is 27.1 Å². The molecule has 0 fully saturated rings. The van der Waals surface area contributed by atoms with Crippen LogP contribution in [0.5, 0.6) is 5.75 Å². The molecule has 0 amide bonds. The first-order valence-corrected chi connectivity index (χ1v) is 5.94. The van der Waals surface area contributed by atoms with Crippen LogP contribution in [0.4, 0.5) is 0 Å². The molecule has 0 spiro atoms. The number of carbonyl (C=O) groups is 1. The summed E-state index contributed by atoms with van der Waals surface area (Å²) in [6, 6.07) is 3.69. The lowest BCUT2D eigenvalue weighted by Crippen LogP contribution is -2.05. The molecule has 0 saturated carbocycles. The molecule has 0 atom stereocenters. The smallest absolute Gasteiger partial charge is 0.309 e. The molecule has 2 rings (SSSR count). The molecule has 1 N–H and O–H groups in total. The maximum absolute atomic E-state index is 10.8. The number of aromatic nitrogens is 2. The Kier molecular flexibility index (Phi) is 3.50. The van der Waals surface area contributed by atoms with Crippen molar-refractivity contribution in [1.29, 1.82) is 0 Å². The molecule has 0 saturated heterocycles. The van der Waals surface area contributed by atoms with Gasteiger partial charge in [0.15, 0.2) is 11.4 Å². The molecule has 0 aliphatic rings. The van der Waals surface area contributed by atoms with Gasteiger partial charge in [0.25, 0.3) is 0 Å². The van der Waals surface area contributed by atoms with Gasteiger partial charge in [0.05, 0.1) is 24.4 Å². The fourth-order valence-corrected chi connectivity index (χ4v) is 1.89. The largest absolute Gasteiger partial charge is 0.490 e. The fraction of sp³-hybridized carbons (Fsp3) is 0.385. The highest BCUT2D eigenvalue weighted by Gasteiger charge is 2.14. The minimum absolute atomic E-state index is 0.0375. The molecule has 5 heteroatoms. The fourth-order valence-electron chi connectivity index (χ4n) is 1.89. The summed E-state index contributed by atoms with van der Waals surface area (Å²) in [6.45, 7) is 4.47. The van der Waals surface area contributed by atoms with Crippen molar-refractivity contribution in [2.45, 2.75) is 26.7 Å². The number of fused-ring (bicyclic) bond motifs is 1. The molecule has 5 nitrogen and oxygen atoms in total. The number of imidazole rings is 1. The van der Waals surface area contributed by atoms with Crippen LogP contribution in [0, 0.1) is 6.92 Å². The monoisotopic (exact) mass is 248 g/mol. The Hall–Kier alpha value is -2.04. The number of pyridine rings is 1. The summed E-state index contributed by atoms with van der Waals surface area (Å²) in [5, 5.41) is 8.91. The van der Waals surface area contributed by atoms with Crippen LogP contribution < -0.4 is 4.74 Å². The molecule has 0 aliphatic carbocycles. The highest BCUT2D eigenvalue weighted by molar-refractivity contribution is 5.71. The number of aliphatic carboxylic acids is 1. The maximum atomic E-state index is 10.8. The zero-order valence-corrected chi connectivity index (χ0v) is 10.5. The van der Waals surface area contributed by atoms with Crippen molar-refractivity contribution in [1.82, 2.24) is 9.38 Å². The van der Waals surface area contributed by atoms with Gasteiger partial charge < -0.3 is 14.2 Å². The molecular formula is C13H16N2O3. The Morgan fingerprint density at radius 3 is 3.00 bits per heavy atom. The minimum atomic E-state index is -0.861. The van der Waals surface area contributed by atoms with Gasteiger partial charge >= 0.3 is 5.97 Å². The normalized spacial score (nSPS) is 10.8. The number of nitrogens with zero attached hydrogens (tertiary/aromatic N) is 2. The van der Waals surface area contributed by atoms with E-state index in [1.807, 2.05) is 32.2 Å². The van der Waals surface area contributed by atoms with Gasteiger partial charge in [0.2, 0.25) is 0 Å². The SMILES string of the molecule is CCCOc1cccn2c(CC(=O)O)c(C)nc12. The van der Waals surface area contributed by atoms with Crippen molar-refractivity contribution in [2.24, 2.45) is 0 Å². The Bertz CT molecular complexity index is 575. The molecule has 96 valence electrons. The summed E-state index contributed by atoms with van der Waals surface area (Å²) in [5.74, 6) is -0.168. The van der Waals surface area contributed by atoms with E-state index in [1.54, 1.807) is 4.40 Å². The van der Waals surface area contributed by atoms with E-state index in [4.69, 9.17) is 9.84 Å². The highest BCUT2D eigenvalue weighted by Crippen LogP contribution is 2.22. The summed E-state index contributed by atoms with van der Waals surface area (Å²) in [4.78, 5) is 15.2. The molecule has 0 aromatic carbocycles. The Labute approximate surface area is 105 Å². The lowest BCUT2D eigenvalue weighted by Gasteiger charge is -2.06. The molecule has 18 heavy (non-hydrogen) atoms. The molecule has 2 aromatic heterocycles. The van der Waals surface area contributed by atoms with Crippen LogP contribution in [-0.2, 0) is 11.2 Å². The van der Waals surface area contributed by atoms with E-state index >= 15 is 0 Å². The summed E-state index contributed by atoms with van der Waals surface area (Å²) in [5.41, 5.74) is 2.10. The van der Waals surface area contributed by atoms with Gasteiger partial charge in [-0.3, -0.25) is 4.79 Å². The summed E-state index contributed by atoms with van der Waals surface area (Å²) in [6.07, 6.45) is 2.69. The average Bonchev–Trinajstić information content (AvgIpc) is 2.64. The molecule has 0 aliphatic heterocycles. The third-order valence-electron chi connectivity index (χ3n) is 2.69. The minimum Gasteiger partial charge on any atom is -0.490 e. The first kappa shape index (κ1) is 12.4. The van der Waals surface area contributed by atoms with Crippen molar-refractivity contribution in [3.63, 3.8) is 0 Å². The zero-order chi connectivity index (χ0) is 13.1. The molecule has 2 aromatic rings. The van der Waals surface area contributed by atoms with E-state index in [0.29, 0.717) is 23.7 Å². The zero-order valence-electron chi connectivity index (χ0n) is 10.5. The number of hydrogen-bond acceptors (Lipinski definition) is 3. The van der Waals surface area contributed by atoms with E-state index < -0.39 is 5.97 Å². The second kappa shape index (κ2) is 5.08. The second-order valence-corrected chi connectivity index (χ2v) is 4.13. The van der Waals surface area contributed by atoms with Gasteiger partial charge in [-0.2, -0.15) is 0 Å². The van der Waals surface area contributed by atoms with Gasteiger partial charge in [0.1, 0.15) is 0 Å². The lowest BCUT2D eigenvalue weighted by atomic mass is 10.2. The predicted molar refractivity (Wildman–Crippen MR) is 67.1 cm³/mol. The van der Waals surface area contributed by atoms with Crippen LogP contribution in [0.25, 0.3) is 5.65 Å². The maximum Gasteiger partial charge on any atom is 0.309 e.